The van der Waals surface area contributed by atoms with Crippen molar-refractivity contribution in [2.45, 2.75) is 45.4 Å². The number of aryl methyl sites for hydroxylation is 1. The summed E-state index contributed by atoms with van der Waals surface area (Å²) in [5, 5.41) is 0. The van der Waals surface area contributed by atoms with Crippen LogP contribution in [0.15, 0.2) is 12.4 Å². The molecule has 0 unspecified atom stereocenters. The summed E-state index contributed by atoms with van der Waals surface area (Å²) in [5.74, 6) is 1.65. The Morgan fingerprint density at radius 2 is 1.86 bits per heavy atom. The van der Waals surface area contributed by atoms with Crippen molar-refractivity contribution in [2.24, 2.45) is 0 Å². The van der Waals surface area contributed by atoms with Crippen LogP contribution in [-0.2, 0) is 22.9 Å². The zero-order valence-electron chi connectivity index (χ0n) is 13.5. The van der Waals surface area contributed by atoms with E-state index < -0.39 is 9.84 Å². The number of rotatable bonds is 5. The molecular weight excluding hydrogens is 300 g/mol. The average molecular weight is 326 g/mol. The third-order valence-corrected chi connectivity index (χ3v) is 6.60. The first kappa shape index (κ1) is 16.0. The van der Waals surface area contributed by atoms with Gasteiger partial charge >= 0.3 is 0 Å². The zero-order valence-corrected chi connectivity index (χ0v) is 14.3. The predicted octanol–water partition coefficient (Wildman–Crippen LogP) is 0.596. The fraction of sp³-hybridized carbons (Fsp3) is 0.800. The molecule has 2 fully saturated rings. The average Bonchev–Trinajstić information content (AvgIpc) is 3.04. The Bertz CT molecular complexity index is 613. The maximum absolute atomic E-state index is 12.1. The lowest BCUT2D eigenvalue weighted by Crippen LogP contribution is -2.58. The molecule has 0 spiro atoms. The van der Waals surface area contributed by atoms with E-state index in [0.29, 0.717) is 11.5 Å². The Balaban J connectivity index is 1.79. The van der Waals surface area contributed by atoms with Gasteiger partial charge < -0.3 is 4.57 Å². The van der Waals surface area contributed by atoms with Gasteiger partial charge in [0.25, 0.3) is 0 Å². The van der Waals surface area contributed by atoms with Crippen LogP contribution in [0.3, 0.4) is 0 Å². The highest BCUT2D eigenvalue weighted by atomic mass is 32.2. The fourth-order valence-electron chi connectivity index (χ4n) is 3.82. The molecule has 2 aliphatic rings. The molecule has 22 heavy (non-hydrogen) atoms. The molecular formula is C15H26N4O2S. The molecule has 1 aromatic rings. The number of nitrogens with zero attached hydrogens (tertiary/aromatic N) is 4. The molecule has 0 bridgehead atoms. The van der Waals surface area contributed by atoms with Crippen LogP contribution < -0.4 is 0 Å². The monoisotopic (exact) mass is 326 g/mol. The van der Waals surface area contributed by atoms with Gasteiger partial charge in [0.2, 0.25) is 0 Å². The normalized spacial score (nSPS) is 28.8. The maximum atomic E-state index is 12.1. The van der Waals surface area contributed by atoms with E-state index in [9.17, 15) is 8.42 Å². The second kappa shape index (κ2) is 6.29. The zero-order chi connectivity index (χ0) is 15.7. The van der Waals surface area contributed by atoms with Crippen molar-refractivity contribution in [3.05, 3.63) is 18.2 Å². The summed E-state index contributed by atoms with van der Waals surface area (Å²) in [6, 6.07) is 0.274. The Kier molecular flexibility index (Phi) is 4.56. The van der Waals surface area contributed by atoms with Crippen molar-refractivity contribution < 1.29 is 8.42 Å². The molecule has 0 saturated carbocycles. The SMILES string of the molecule is CCCN1CCN(Cc2nccn2CC)[C@@H]2CS(=O)(=O)C[C@@H]21. The number of piperazine rings is 1. The highest BCUT2D eigenvalue weighted by Crippen LogP contribution is 2.28. The lowest BCUT2D eigenvalue weighted by atomic mass is 10.0. The van der Waals surface area contributed by atoms with Crippen molar-refractivity contribution in [3.63, 3.8) is 0 Å². The number of imidazole rings is 1. The van der Waals surface area contributed by atoms with Crippen LogP contribution in [0.5, 0.6) is 0 Å². The van der Waals surface area contributed by atoms with E-state index in [4.69, 9.17) is 0 Å². The molecule has 2 saturated heterocycles. The van der Waals surface area contributed by atoms with E-state index in [0.717, 1.165) is 45.0 Å². The molecule has 7 heteroatoms. The summed E-state index contributed by atoms with van der Waals surface area (Å²) in [4.78, 5) is 9.15. The van der Waals surface area contributed by atoms with Crippen LogP contribution in [0.1, 0.15) is 26.1 Å². The molecule has 124 valence electrons. The number of hydrogen-bond acceptors (Lipinski definition) is 5. The molecule has 1 aromatic heterocycles. The van der Waals surface area contributed by atoms with Crippen LogP contribution >= 0.6 is 0 Å². The summed E-state index contributed by atoms with van der Waals surface area (Å²) < 4.78 is 26.4. The third kappa shape index (κ3) is 3.07. The number of sulfone groups is 1. The highest BCUT2D eigenvalue weighted by Gasteiger charge is 2.46. The van der Waals surface area contributed by atoms with Crippen molar-refractivity contribution >= 4 is 9.84 Å². The Labute approximate surface area is 133 Å². The second-order valence-corrected chi connectivity index (χ2v) is 8.50. The van der Waals surface area contributed by atoms with Crippen LogP contribution in [0.2, 0.25) is 0 Å². The topological polar surface area (TPSA) is 58.4 Å². The smallest absolute Gasteiger partial charge is 0.153 e. The van der Waals surface area contributed by atoms with Crippen molar-refractivity contribution in [2.75, 3.05) is 31.1 Å². The van der Waals surface area contributed by atoms with Gasteiger partial charge in [0, 0.05) is 44.1 Å². The molecule has 0 aliphatic carbocycles. The van der Waals surface area contributed by atoms with Gasteiger partial charge in [0.1, 0.15) is 5.82 Å². The highest BCUT2D eigenvalue weighted by molar-refractivity contribution is 7.91. The molecule has 0 radical (unpaired) electrons. The minimum Gasteiger partial charge on any atom is -0.334 e. The largest absolute Gasteiger partial charge is 0.334 e. The van der Waals surface area contributed by atoms with Crippen molar-refractivity contribution in [1.82, 2.24) is 19.4 Å². The Hall–Kier alpha value is -0.920. The van der Waals surface area contributed by atoms with E-state index >= 15 is 0 Å². The molecule has 6 nitrogen and oxygen atoms in total. The first-order chi connectivity index (χ1) is 10.5. The van der Waals surface area contributed by atoms with E-state index in [1.54, 1.807) is 0 Å². The standard InChI is InChI=1S/C15H26N4O2S/c1-3-6-18-8-9-19(10-15-16-5-7-17(15)4-2)14-12-22(20,21)11-13(14)18/h5,7,13-14H,3-4,6,8-12H2,1-2H3/t13-,14+/m0/s1. The summed E-state index contributed by atoms with van der Waals surface area (Å²) >= 11 is 0. The summed E-state index contributed by atoms with van der Waals surface area (Å²) in [5.41, 5.74) is 0. The fourth-order valence-corrected chi connectivity index (χ4v) is 5.86. The van der Waals surface area contributed by atoms with E-state index in [1.165, 1.54) is 0 Å². The Morgan fingerprint density at radius 1 is 1.18 bits per heavy atom. The van der Waals surface area contributed by atoms with Crippen LogP contribution in [0, 0.1) is 0 Å². The quantitative estimate of drug-likeness (QED) is 0.793. The molecule has 2 aliphatic heterocycles. The third-order valence-electron chi connectivity index (χ3n) is 4.90. The van der Waals surface area contributed by atoms with Gasteiger partial charge in [-0.25, -0.2) is 13.4 Å². The molecule has 3 heterocycles. The molecule has 3 rings (SSSR count). The molecule has 0 amide bonds. The lowest BCUT2D eigenvalue weighted by molar-refractivity contribution is 0.0384. The number of hydrogen-bond donors (Lipinski definition) is 0. The van der Waals surface area contributed by atoms with Gasteiger partial charge in [0.05, 0.1) is 18.1 Å². The second-order valence-electron chi connectivity index (χ2n) is 6.35. The first-order valence-corrected chi connectivity index (χ1v) is 10.0. The van der Waals surface area contributed by atoms with E-state index in [1.807, 2.05) is 12.4 Å². The number of aromatic nitrogens is 2. The number of fused-ring (bicyclic) bond motifs is 1. The van der Waals surface area contributed by atoms with Crippen LogP contribution in [0.25, 0.3) is 0 Å². The van der Waals surface area contributed by atoms with Crippen molar-refractivity contribution in [1.29, 1.82) is 0 Å². The summed E-state index contributed by atoms with van der Waals surface area (Å²) in [7, 11) is -2.92. The minimum atomic E-state index is -2.92. The van der Waals surface area contributed by atoms with Gasteiger partial charge in [-0.3, -0.25) is 9.80 Å². The van der Waals surface area contributed by atoms with Crippen LogP contribution in [-0.4, -0.2) is 71.0 Å². The summed E-state index contributed by atoms with van der Waals surface area (Å²) in [6.07, 6.45) is 4.89. The predicted molar refractivity (Wildman–Crippen MR) is 86.4 cm³/mol. The van der Waals surface area contributed by atoms with E-state index in [-0.39, 0.29) is 12.1 Å². The maximum Gasteiger partial charge on any atom is 0.153 e. The molecule has 0 aromatic carbocycles. The van der Waals surface area contributed by atoms with Gasteiger partial charge in [0.15, 0.2) is 9.84 Å². The Morgan fingerprint density at radius 3 is 2.55 bits per heavy atom. The lowest BCUT2D eigenvalue weighted by Gasteiger charge is -2.43. The first-order valence-electron chi connectivity index (χ1n) is 8.22. The molecule has 2 atom stereocenters. The van der Waals surface area contributed by atoms with E-state index in [2.05, 4.69) is 33.2 Å². The molecule has 0 N–H and O–H groups in total. The van der Waals surface area contributed by atoms with Gasteiger partial charge in [-0.05, 0) is 19.9 Å². The van der Waals surface area contributed by atoms with Gasteiger partial charge in [-0.2, -0.15) is 0 Å². The van der Waals surface area contributed by atoms with Crippen molar-refractivity contribution in [3.8, 4) is 0 Å². The minimum absolute atomic E-state index is 0.118. The van der Waals surface area contributed by atoms with Gasteiger partial charge in [-0.1, -0.05) is 6.92 Å². The van der Waals surface area contributed by atoms with Gasteiger partial charge in [-0.15, -0.1) is 0 Å². The van der Waals surface area contributed by atoms with Crippen LogP contribution in [0.4, 0.5) is 0 Å². The summed E-state index contributed by atoms with van der Waals surface area (Å²) in [6.45, 7) is 8.78.